The fourth-order valence-electron chi connectivity index (χ4n) is 4.90. The molecule has 34 heavy (non-hydrogen) atoms. The van der Waals surface area contributed by atoms with Crippen LogP contribution in [0.15, 0.2) is 42.5 Å². The van der Waals surface area contributed by atoms with Gasteiger partial charge in [-0.3, -0.25) is 4.79 Å². The summed E-state index contributed by atoms with van der Waals surface area (Å²) >= 11 is 0. The molecule has 7 heteroatoms. The number of carbonyl (C=O) groups excluding carboxylic acids is 2. The fourth-order valence-corrected chi connectivity index (χ4v) is 4.90. The number of aromatic nitrogens is 1. The Bertz CT molecular complexity index is 1180. The predicted octanol–water partition coefficient (Wildman–Crippen LogP) is 1.60. The lowest BCUT2D eigenvalue weighted by Gasteiger charge is -2.22. The Balaban J connectivity index is 0.000000197. The van der Waals surface area contributed by atoms with Gasteiger partial charge in [0.1, 0.15) is 5.75 Å². The highest BCUT2D eigenvalue weighted by Crippen LogP contribution is 2.33. The summed E-state index contributed by atoms with van der Waals surface area (Å²) in [6.07, 6.45) is 2.58. The van der Waals surface area contributed by atoms with E-state index < -0.39 is 12.0 Å². The molecule has 0 fully saturated rings. The number of hydrogen-bond donors (Lipinski definition) is 3. The normalized spacial score (nSPS) is 17.2. The van der Waals surface area contributed by atoms with Crippen LogP contribution in [-0.2, 0) is 22.4 Å². The van der Waals surface area contributed by atoms with Gasteiger partial charge in [-0.05, 0) is 47.7 Å². The lowest BCUT2D eigenvalue weighted by molar-refractivity contribution is -0.690. The van der Waals surface area contributed by atoms with Crippen LogP contribution in [0.3, 0.4) is 0 Å². The molecular formula is C27H33N3O4. The van der Waals surface area contributed by atoms with Gasteiger partial charge in [-0.25, -0.2) is 0 Å². The second-order valence-electron chi connectivity index (χ2n) is 9.48. The predicted molar refractivity (Wildman–Crippen MR) is 128 cm³/mol. The first-order valence-corrected chi connectivity index (χ1v) is 12.0. The summed E-state index contributed by atoms with van der Waals surface area (Å²) < 4.78 is 5.64. The number of rotatable bonds is 5. The van der Waals surface area contributed by atoms with Crippen LogP contribution in [0.1, 0.15) is 55.6 Å². The van der Waals surface area contributed by atoms with Gasteiger partial charge in [0.15, 0.2) is 6.04 Å². The third-order valence-electron chi connectivity index (χ3n) is 6.40. The van der Waals surface area contributed by atoms with Crippen molar-refractivity contribution in [1.82, 2.24) is 10.3 Å². The maximum Gasteiger partial charge on any atom is 0.217 e. The number of nitrogens with one attached hydrogen (secondary N) is 2. The van der Waals surface area contributed by atoms with E-state index in [1.54, 1.807) is 0 Å². The minimum atomic E-state index is -1.22. The molecule has 1 amide bonds. The quantitative estimate of drug-likeness (QED) is 0.534. The maximum atomic E-state index is 10.5. The van der Waals surface area contributed by atoms with E-state index in [1.807, 2.05) is 13.8 Å². The highest BCUT2D eigenvalue weighted by molar-refractivity contribution is 5.85. The SMILES string of the molecule is CC(=O)N[C@H](CC(C)C)C(=O)[O-].c1ccc2c3c([nH]c2c1)[C@@H](c1ccc2c(c1)CCO2)[NH2+]CC3. The first kappa shape index (κ1) is 23.8. The first-order chi connectivity index (χ1) is 16.3. The zero-order valence-corrected chi connectivity index (χ0v) is 20.0. The summed E-state index contributed by atoms with van der Waals surface area (Å²) in [5.41, 5.74) is 6.88. The molecule has 2 aliphatic heterocycles. The molecule has 2 aromatic carbocycles. The molecule has 2 atom stereocenters. The first-order valence-electron chi connectivity index (χ1n) is 12.0. The molecule has 3 aromatic rings. The summed E-state index contributed by atoms with van der Waals surface area (Å²) in [4.78, 5) is 24.7. The van der Waals surface area contributed by atoms with Gasteiger partial charge in [0.2, 0.25) is 5.91 Å². The number of aromatic amines is 1. The number of fused-ring (bicyclic) bond motifs is 4. The number of aliphatic carboxylic acids is 1. The van der Waals surface area contributed by atoms with Crippen molar-refractivity contribution in [3.63, 3.8) is 0 Å². The third-order valence-corrected chi connectivity index (χ3v) is 6.40. The number of ether oxygens (including phenoxy) is 1. The highest BCUT2D eigenvalue weighted by atomic mass is 16.5. The molecule has 7 nitrogen and oxygen atoms in total. The van der Waals surface area contributed by atoms with Crippen molar-refractivity contribution in [2.45, 2.75) is 52.1 Å². The van der Waals surface area contributed by atoms with E-state index in [4.69, 9.17) is 4.74 Å². The minimum Gasteiger partial charge on any atom is -0.548 e. The molecular weight excluding hydrogens is 430 g/mol. The number of H-pyrrole nitrogens is 1. The molecule has 4 N–H and O–H groups in total. The van der Waals surface area contributed by atoms with Crippen LogP contribution in [-0.4, -0.2) is 36.1 Å². The van der Waals surface area contributed by atoms with Crippen LogP contribution in [0, 0.1) is 5.92 Å². The van der Waals surface area contributed by atoms with E-state index in [0.717, 1.165) is 31.7 Å². The van der Waals surface area contributed by atoms with E-state index in [9.17, 15) is 14.7 Å². The molecule has 0 spiro atoms. The number of carboxylic acid groups (broad SMARTS) is 1. The fraction of sp³-hybridized carbons (Fsp3) is 0.407. The lowest BCUT2D eigenvalue weighted by atomic mass is 9.93. The Morgan fingerprint density at radius 1 is 1.21 bits per heavy atom. The van der Waals surface area contributed by atoms with Crippen LogP contribution in [0.4, 0.5) is 0 Å². The maximum absolute atomic E-state index is 10.5. The van der Waals surface area contributed by atoms with Crippen LogP contribution in [0.2, 0.25) is 0 Å². The van der Waals surface area contributed by atoms with Gasteiger partial charge in [-0.1, -0.05) is 32.0 Å². The molecule has 5 rings (SSSR count). The van der Waals surface area contributed by atoms with E-state index >= 15 is 0 Å². The molecule has 2 aliphatic rings. The number of para-hydroxylation sites is 1. The van der Waals surface area contributed by atoms with Gasteiger partial charge in [0.25, 0.3) is 0 Å². The van der Waals surface area contributed by atoms with E-state index in [2.05, 4.69) is 58.1 Å². The molecule has 3 heterocycles. The van der Waals surface area contributed by atoms with Crippen molar-refractivity contribution in [2.75, 3.05) is 13.2 Å². The lowest BCUT2D eigenvalue weighted by Crippen LogP contribution is -2.87. The van der Waals surface area contributed by atoms with Crippen molar-refractivity contribution < 1.29 is 24.7 Å². The van der Waals surface area contributed by atoms with Crippen molar-refractivity contribution in [2.24, 2.45) is 5.92 Å². The standard InChI is InChI=1S/C19H18N2O.C8H15NO3/c1-2-4-16-14(3-1)15-7-9-20-18(19(15)21-16)13-5-6-17-12(11-13)8-10-22-17;1-5(2)4-7(8(11)12)9-6(3)10/h1-6,11,18,20-21H,7-10H2;5,7H,4H2,1-3H3,(H,9,10)(H,11,12)/t18-;7-/m11/s1. The van der Waals surface area contributed by atoms with Crippen LogP contribution in [0.25, 0.3) is 10.9 Å². The molecule has 1 aromatic heterocycles. The average molecular weight is 464 g/mol. The molecule has 0 radical (unpaired) electrons. The van der Waals surface area contributed by atoms with E-state index in [1.165, 1.54) is 40.2 Å². The number of carbonyl (C=O) groups is 2. The van der Waals surface area contributed by atoms with Gasteiger partial charge in [0.05, 0.1) is 30.9 Å². The number of hydrogen-bond acceptors (Lipinski definition) is 4. The Kier molecular flexibility index (Phi) is 7.22. The van der Waals surface area contributed by atoms with Crippen molar-refractivity contribution in [1.29, 1.82) is 0 Å². The van der Waals surface area contributed by atoms with Crippen LogP contribution in [0.5, 0.6) is 5.75 Å². The van der Waals surface area contributed by atoms with Crippen LogP contribution < -0.4 is 20.5 Å². The monoisotopic (exact) mass is 463 g/mol. The smallest absolute Gasteiger partial charge is 0.217 e. The average Bonchev–Trinajstić information content (AvgIpc) is 3.42. The van der Waals surface area contributed by atoms with Gasteiger partial charge in [-0.15, -0.1) is 0 Å². The van der Waals surface area contributed by atoms with Crippen molar-refractivity contribution in [3.05, 3.63) is 64.8 Å². The summed E-state index contributed by atoms with van der Waals surface area (Å²) in [5.74, 6) is -0.278. The Morgan fingerprint density at radius 2 is 2.00 bits per heavy atom. The highest BCUT2D eigenvalue weighted by Gasteiger charge is 2.29. The minimum absolute atomic E-state index is 0.222. The topological polar surface area (TPSA) is 111 Å². The summed E-state index contributed by atoms with van der Waals surface area (Å²) in [5, 5.41) is 16.6. The van der Waals surface area contributed by atoms with Gasteiger partial charge >= 0.3 is 0 Å². The number of benzene rings is 2. The molecule has 0 bridgehead atoms. The summed E-state index contributed by atoms with van der Waals surface area (Å²) in [6, 6.07) is 14.9. The number of amides is 1. The molecule has 0 aliphatic carbocycles. The molecule has 0 saturated carbocycles. The second-order valence-corrected chi connectivity index (χ2v) is 9.48. The molecule has 0 unspecified atom stereocenters. The van der Waals surface area contributed by atoms with Crippen LogP contribution >= 0.6 is 0 Å². The van der Waals surface area contributed by atoms with Gasteiger partial charge in [0, 0.05) is 36.2 Å². The third kappa shape index (κ3) is 5.25. The number of quaternary nitrogens is 1. The van der Waals surface area contributed by atoms with Gasteiger partial charge < -0.3 is 30.3 Å². The number of carboxylic acids is 1. The molecule has 0 saturated heterocycles. The second kappa shape index (κ2) is 10.3. The summed E-state index contributed by atoms with van der Waals surface area (Å²) in [7, 11) is 0. The van der Waals surface area contributed by atoms with Crippen molar-refractivity contribution in [3.8, 4) is 5.75 Å². The van der Waals surface area contributed by atoms with Gasteiger partial charge in [-0.2, -0.15) is 0 Å². The number of nitrogens with two attached hydrogens (primary N) is 1. The largest absolute Gasteiger partial charge is 0.548 e. The Hall–Kier alpha value is -3.32. The Morgan fingerprint density at radius 3 is 2.74 bits per heavy atom. The molecule has 180 valence electrons. The van der Waals surface area contributed by atoms with E-state index in [0.29, 0.717) is 12.5 Å². The van der Waals surface area contributed by atoms with Crippen molar-refractivity contribution >= 4 is 22.8 Å². The Labute approximate surface area is 199 Å². The zero-order chi connectivity index (χ0) is 24.2. The van der Waals surface area contributed by atoms with E-state index in [-0.39, 0.29) is 11.8 Å². The zero-order valence-electron chi connectivity index (χ0n) is 20.0. The summed E-state index contributed by atoms with van der Waals surface area (Å²) in [6.45, 7) is 7.03.